The van der Waals surface area contributed by atoms with Crippen molar-refractivity contribution in [1.29, 1.82) is 0 Å². The SMILES string of the molecule is C1=CC=CC2C=CC=C2C=C1. The predicted octanol–water partition coefficient (Wildman–Crippen LogP) is 2.78. The lowest BCUT2D eigenvalue weighted by atomic mass is 10.0. The lowest BCUT2D eigenvalue weighted by Crippen LogP contribution is -1.90. The van der Waals surface area contributed by atoms with Crippen LogP contribution in [-0.4, -0.2) is 0 Å². The van der Waals surface area contributed by atoms with Gasteiger partial charge < -0.3 is 0 Å². The average molecular weight is 142 g/mol. The molecule has 0 heterocycles. The van der Waals surface area contributed by atoms with Crippen molar-refractivity contribution in [3.63, 3.8) is 0 Å². The summed E-state index contributed by atoms with van der Waals surface area (Å²) >= 11 is 0. The Balaban J connectivity index is 2.35. The fraction of sp³-hybridized carbons (Fsp3) is 0.0909. The number of rotatable bonds is 0. The van der Waals surface area contributed by atoms with E-state index in [0.717, 1.165) is 0 Å². The fourth-order valence-electron chi connectivity index (χ4n) is 1.33. The molecular formula is C11H10. The summed E-state index contributed by atoms with van der Waals surface area (Å²) in [6, 6.07) is 0. The quantitative estimate of drug-likeness (QED) is 0.488. The van der Waals surface area contributed by atoms with Gasteiger partial charge in [0.05, 0.1) is 0 Å². The average Bonchev–Trinajstić information content (AvgIpc) is 2.35. The third kappa shape index (κ3) is 1.25. The molecule has 0 heteroatoms. The molecule has 2 aliphatic carbocycles. The molecule has 1 atom stereocenters. The minimum atomic E-state index is 0.510. The van der Waals surface area contributed by atoms with Crippen LogP contribution in [0, 0.1) is 5.92 Å². The Hall–Kier alpha value is -1.30. The van der Waals surface area contributed by atoms with Crippen LogP contribution in [0.1, 0.15) is 0 Å². The van der Waals surface area contributed by atoms with Crippen LogP contribution in [0.5, 0.6) is 0 Å². The largest absolute Gasteiger partial charge is 0.0732 e. The number of hydrogen-bond donors (Lipinski definition) is 0. The van der Waals surface area contributed by atoms with E-state index in [1.807, 2.05) is 6.08 Å². The van der Waals surface area contributed by atoms with Crippen LogP contribution in [-0.2, 0) is 0 Å². The van der Waals surface area contributed by atoms with Gasteiger partial charge in [0.15, 0.2) is 0 Å². The predicted molar refractivity (Wildman–Crippen MR) is 48.1 cm³/mol. The van der Waals surface area contributed by atoms with Gasteiger partial charge in [-0.1, -0.05) is 54.7 Å². The van der Waals surface area contributed by atoms with E-state index in [1.54, 1.807) is 0 Å². The maximum Gasteiger partial charge on any atom is 0.0204 e. The zero-order valence-corrected chi connectivity index (χ0v) is 6.27. The third-order valence-corrected chi connectivity index (χ3v) is 1.93. The van der Waals surface area contributed by atoms with Crippen molar-refractivity contribution >= 4 is 0 Å². The van der Waals surface area contributed by atoms with Gasteiger partial charge in [-0.15, -0.1) is 0 Å². The van der Waals surface area contributed by atoms with E-state index in [-0.39, 0.29) is 0 Å². The first-order chi connectivity index (χ1) is 5.47. The first-order valence-corrected chi connectivity index (χ1v) is 3.87. The van der Waals surface area contributed by atoms with E-state index in [9.17, 15) is 0 Å². The van der Waals surface area contributed by atoms with Crippen molar-refractivity contribution in [2.24, 2.45) is 5.92 Å². The highest BCUT2D eigenvalue weighted by Crippen LogP contribution is 2.22. The van der Waals surface area contributed by atoms with E-state index in [2.05, 4.69) is 48.6 Å². The van der Waals surface area contributed by atoms with Crippen LogP contribution in [0.25, 0.3) is 0 Å². The lowest BCUT2D eigenvalue weighted by molar-refractivity contribution is 1.03. The second kappa shape index (κ2) is 2.75. The van der Waals surface area contributed by atoms with Crippen LogP contribution in [0.15, 0.2) is 60.3 Å². The second-order valence-corrected chi connectivity index (χ2v) is 2.71. The van der Waals surface area contributed by atoms with Crippen molar-refractivity contribution in [1.82, 2.24) is 0 Å². The minimum Gasteiger partial charge on any atom is -0.0732 e. The van der Waals surface area contributed by atoms with E-state index < -0.39 is 0 Å². The third-order valence-electron chi connectivity index (χ3n) is 1.93. The molecule has 0 radical (unpaired) electrons. The Morgan fingerprint density at radius 2 is 1.64 bits per heavy atom. The van der Waals surface area contributed by atoms with E-state index in [4.69, 9.17) is 0 Å². The van der Waals surface area contributed by atoms with Gasteiger partial charge in [-0.25, -0.2) is 0 Å². The summed E-state index contributed by atoms with van der Waals surface area (Å²) in [6.45, 7) is 0. The molecule has 0 aromatic heterocycles. The van der Waals surface area contributed by atoms with Crippen LogP contribution in [0.2, 0.25) is 0 Å². The topological polar surface area (TPSA) is 0 Å². The molecule has 0 saturated heterocycles. The Morgan fingerprint density at radius 3 is 2.64 bits per heavy atom. The molecule has 0 N–H and O–H groups in total. The first kappa shape index (κ1) is 6.41. The molecular weight excluding hydrogens is 132 g/mol. The van der Waals surface area contributed by atoms with Crippen molar-refractivity contribution in [2.75, 3.05) is 0 Å². The van der Waals surface area contributed by atoms with Gasteiger partial charge in [0.2, 0.25) is 0 Å². The molecule has 0 bridgehead atoms. The molecule has 11 heavy (non-hydrogen) atoms. The van der Waals surface area contributed by atoms with Crippen LogP contribution in [0.3, 0.4) is 0 Å². The van der Waals surface area contributed by atoms with Gasteiger partial charge in [-0.2, -0.15) is 0 Å². The molecule has 0 aromatic carbocycles. The molecule has 2 rings (SSSR count). The summed E-state index contributed by atoms with van der Waals surface area (Å²) < 4.78 is 0. The zero-order chi connectivity index (χ0) is 7.52. The van der Waals surface area contributed by atoms with Gasteiger partial charge in [-0.05, 0) is 5.57 Å². The highest BCUT2D eigenvalue weighted by atomic mass is 14.1. The zero-order valence-electron chi connectivity index (χ0n) is 6.27. The van der Waals surface area contributed by atoms with Crippen molar-refractivity contribution in [3.05, 3.63) is 60.3 Å². The summed E-state index contributed by atoms with van der Waals surface area (Å²) in [7, 11) is 0. The highest BCUT2D eigenvalue weighted by Gasteiger charge is 2.07. The standard InChI is InChI=1S/C11H10/c1-2-4-7-11-9-5-8-10(11)6-3-1/h1-10H. The number of fused-ring (bicyclic) bond motifs is 1. The summed E-state index contributed by atoms with van der Waals surface area (Å²) in [5.74, 6) is 0.510. The van der Waals surface area contributed by atoms with Gasteiger partial charge >= 0.3 is 0 Å². The highest BCUT2D eigenvalue weighted by molar-refractivity contribution is 5.41. The number of hydrogen-bond acceptors (Lipinski definition) is 0. The van der Waals surface area contributed by atoms with Gasteiger partial charge in [0.1, 0.15) is 0 Å². The van der Waals surface area contributed by atoms with E-state index in [1.165, 1.54) is 5.57 Å². The lowest BCUT2D eigenvalue weighted by Gasteiger charge is -2.04. The van der Waals surface area contributed by atoms with Crippen LogP contribution in [0.4, 0.5) is 0 Å². The molecule has 0 amide bonds. The van der Waals surface area contributed by atoms with Crippen molar-refractivity contribution in [2.45, 2.75) is 0 Å². The molecule has 2 aliphatic rings. The first-order valence-electron chi connectivity index (χ1n) is 3.87. The summed E-state index contributed by atoms with van der Waals surface area (Å²) in [5.41, 5.74) is 1.38. The Bertz CT molecular complexity index is 285. The maximum absolute atomic E-state index is 2.20. The van der Waals surface area contributed by atoms with E-state index >= 15 is 0 Å². The van der Waals surface area contributed by atoms with Crippen molar-refractivity contribution in [3.8, 4) is 0 Å². The molecule has 0 saturated carbocycles. The molecule has 1 unspecified atom stereocenters. The molecule has 0 aromatic rings. The molecule has 54 valence electrons. The normalized spacial score (nSPS) is 26.2. The molecule has 0 aliphatic heterocycles. The fourth-order valence-corrected chi connectivity index (χ4v) is 1.33. The van der Waals surface area contributed by atoms with Crippen LogP contribution >= 0.6 is 0 Å². The minimum absolute atomic E-state index is 0.510. The summed E-state index contributed by atoms with van der Waals surface area (Å²) in [5, 5.41) is 0. The van der Waals surface area contributed by atoms with Crippen LogP contribution < -0.4 is 0 Å². The van der Waals surface area contributed by atoms with Crippen molar-refractivity contribution < 1.29 is 0 Å². The molecule has 0 fully saturated rings. The van der Waals surface area contributed by atoms with E-state index in [0.29, 0.717) is 5.92 Å². The van der Waals surface area contributed by atoms with Gasteiger partial charge in [-0.3, -0.25) is 0 Å². The van der Waals surface area contributed by atoms with Gasteiger partial charge in [0.25, 0.3) is 0 Å². The smallest absolute Gasteiger partial charge is 0.0204 e. The maximum atomic E-state index is 2.20. The Kier molecular flexibility index (Phi) is 1.60. The second-order valence-electron chi connectivity index (χ2n) is 2.71. The van der Waals surface area contributed by atoms with Gasteiger partial charge in [0, 0.05) is 5.92 Å². The summed E-state index contributed by atoms with van der Waals surface area (Å²) in [4.78, 5) is 0. The summed E-state index contributed by atoms with van der Waals surface area (Å²) in [6.07, 6.45) is 19.1. The Labute approximate surface area is 66.9 Å². The number of allylic oxidation sites excluding steroid dienone is 10. The Morgan fingerprint density at radius 1 is 0.818 bits per heavy atom. The molecule has 0 nitrogen and oxygen atoms in total. The molecule has 0 spiro atoms. The monoisotopic (exact) mass is 142 g/mol.